The first-order valence-corrected chi connectivity index (χ1v) is 8.56. The number of aliphatic hydroxyl groups is 1. The first-order chi connectivity index (χ1) is 13.7. The Hall–Kier alpha value is -3.59. The van der Waals surface area contributed by atoms with Crippen molar-refractivity contribution in [1.29, 1.82) is 0 Å². The number of aromatic carboxylic acids is 2. The van der Waals surface area contributed by atoms with Gasteiger partial charge in [0.15, 0.2) is 0 Å². The lowest BCUT2D eigenvalue weighted by Gasteiger charge is -2.16. The Morgan fingerprint density at radius 2 is 1.59 bits per heavy atom. The van der Waals surface area contributed by atoms with Crippen LogP contribution in [0.3, 0.4) is 0 Å². The van der Waals surface area contributed by atoms with Gasteiger partial charge in [0.25, 0.3) is 0 Å². The molecule has 2 aromatic carbocycles. The minimum Gasteiger partial charge on any atom is -0.497 e. The molecule has 9 nitrogen and oxygen atoms in total. The van der Waals surface area contributed by atoms with Gasteiger partial charge in [-0.2, -0.15) is 0 Å². The predicted octanol–water partition coefficient (Wildman–Crippen LogP) is 2.55. The monoisotopic (exact) mass is 403 g/mol. The van der Waals surface area contributed by atoms with E-state index in [-0.39, 0.29) is 29.7 Å². The molecule has 154 valence electrons. The van der Waals surface area contributed by atoms with E-state index in [1.54, 1.807) is 18.2 Å². The molecule has 9 heteroatoms. The standard InChI is InChI=1S/C20H21NO8/c1-28-14-3-4-15(17(10-14)29-2)16(22)5-6-18(23)21-13-8-11(19(24)25)7-12(9-13)20(26)27/h3-4,7-10,16,22H,5-6H2,1-2H3,(H,21,23)(H,24,25)(H,26,27). The van der Waals surface area contributed by atoms with Crippen molar-refractivity contribution in [3.8, 4) is 11.5 Å². The Balaban J connectivity index is 2.06. The summed E-state index contributed by atoms with van der Waals surface area (Å²) in [7, 11) is 2.96. The van der Waals surface area contributed by atoms with Gasteiger partial charge in [0.1, 0.15) is 11.5 Å². The van der Waals surface area contributed by atoms with E-state index in [9.17, 15) is 19.5 Å². The van der Waals surface area contributed by atoms with Crippen LogP contribution in [0, 0.1) is 0 Å². The van der Waals surface area contributed by atoms with Gasteiger partial charge in [0.05, 0.1) is 31.5 Å². The molecular formula is C20H21NO8. The largest absolute Gasteiger partial charge is 0.497 e. The topological polar surface area (TPSA) is 142 Å². The van der Waals surface area contributed by atoms with E-state index in [2.05, 4.69) is 5.32 Å². The molecule has 0 aromatic heterocycles. The Bertz CT molecular complexity index is 892. The number of ether oxygens (including phenoxy) is 2. The quantitative estimate of drug-likeness (QED) is 0.500. The Labute approximate surface area is 166 Å². The number of benzene rings is 2. The van der Waals surface area contributed by atoms with Gasteiger partial charge in [-0.1, -0.05) is 0 Å². The van der Waals surface area contributed by atoms with Crippen LogP contribution in [0.4, 0.5) is 5.69 Å². The number of rotatable bonds is 9. The zero-order valence-electron chi connectivity index (χ0n) is 15.8. The van der Waals surface area contributed by atoms with Crippen LogP contribution in [0.5, 0.6) is 11.5 Å². The number of carboxylic acids is 2. The maximum Gasteiger partial charge on any atom is 0.335 e. The number of nitrogens with one attached hydrogen (secondary N) is 1. The average molecular weight is 403 g/mol. The molecule has 0 spiro atoms. The van der Waals surface area contributed by atoms with Crippen molar-refractivity contribution in [1.82, 2.24) is 0 Å². The van der Waals surface area contributed by atoms with E-state index in [4.69, 9.17) is 19.7 Å². The molecule has 4 N–H and O–H groups in total. The van der Waals surface area contributed by atoms with Crippen molar-refractivity contribution in [3.63, 3.8) is 0 Å². The smallest absolute Gasteiger partial charge is 0.335 e. The van der Waals surface area contributed by atoms with Crippen LogP contribution in [-0.4, -0.2) is 47.4 Å². The van der Waals surface area contributed by atoms with Crippen molar-refractivity contribution in [2.24, 2.45) is 0 Å². The first kappa shape index (κ1) is 21.7. The Morgan fingerprint density at radius 1 is 0.966 bits per heavy atom. The summed E-state index contributed by atoms with van der Waals surface area (Å²) in [6.45, 7) is 0. The van der Waals surface area contributed by atoms with Gasteiger partial charge >= 0.3 is 11.9 Å². The highest BCUT2D eigenvalue weighted by molar-refractivity contribution is 5.98. The van der Waals surface area contributed by atoms with Gasteiger partial charge in [-0.3, -0.25) is 4.79 Å². The summed E-state index contributed by atoms with van der Waals surface area (Å²) in [5, 5.41) is 31.0. The molecule has 0 saturated carbocycles. The third-order valence-electron chi connectivity index (χ3n) is 4.16. The summed E-state index contributed by atoms with van der Waals surface area (Å²) in [5.41, 5.74) is 0.0114. The summed E-state index contributed by atoms with van der Waals surface area (Å²) < 4.78 is 10.3. The molecule has 1 atom stereocenters. The molecule has 0 aliphatic heterocycles. The van der Waals surface area contributed by atoms with Crippen molar-refractivity contribution in [2.45, 2.75) is 18.9 Å². The van der Waals surface area contributed by atoms with Gasteiger partial charge in [-0.05, 0) is 36.8 Å². The summed E-state index contributed by atoms with van der Waals surface area (Å²) >= 11 is 0. The average Bonchev–Trinajstić information content (AvgIpc) is 2.71. The van der Waals surface area contributed by atoms with Gasteiger partial charge in [0.2, 0.25) is 5.91 Å². The highest BCUT2D eigenvalue weighted by Gasteiger charge is 2.17. The van der Waals surface area contributed by atoms with E-state index in [0.29, 0.717) is 17.1 Å². The highest BCUT2D eigenvalue weighted by atomic mass is 16.5. The van der Waals surface area contributed by atoms with Crippen molar-refractivity contribution in [3.05, 3.63) is 53.1 Å². The normalized spacial score (nSPS) is 11.4. The van der Waals surface area contributed by atoms with Gasteiger partial charge in [0, 0.05) is 23.7 Å². The lowest BCUT2D eigenvalue weighted by molar-refractivity contribution is -0.116. The third-order valence-corrected chi connectivity index (χ3v) is 4.16. The minimum atomic E-state index is -1.31. The molecule has 0 radical (unpaired) electrons. The van der Waals surface area contributed by atoms with E-state index < -0.39 is 23.9 Å². The molecule has 2 rings (SSSR count). The van der Waals surface area contributed by atoms with Crippen molar-refractivity contribution in [2.75, 3.05) is 19.5 Å². The fourth-order valence-electron chi connectivity index (χ4n) is 2.69. The van der Waals surface area contributed by atoms with Crippen LogP contribution in [0.15, 0.2) is 36.4 Å². The van der Waals surface area contributed by atoms with Gasteiger partial charge < -0.3 is 30.1 Å². The summed E-state index contributed by atoms with van der Waals surface area (Å²) in [4.78, 5) is 34.5. The van der Waals surface area contributed by atoms with Crippen molar-refractivity contribution >= 4 is 23.5 Å². The number of amides is 1. The second-order valence-electron chi connectivity index (χ2n) is 6.12. The van der Waals surface area contributed by atoms with E-state index >= 15 is 0 Å². The molecular weight excluding hydrogens is 382 g/mol. The van der Waals surface area contributed by atoms with Gasteiger partial charge in [-0.15, -0.1) is 0 Å². The summed E-state index contributed by atoms with van der Waals surface area (Å²) in [5.74, 6) is -2.16. The molecule has 1 unspecified atom stereocenters. The fraction of sp³-hybridized carbons (Fsp3) is 0.250. The molecule has 2 aromatic rings. The third kappa shape index (κ3) is 5.69. The zero-order chi connectivity index (χ0) is 21.6. The molecule has 1 amide bonds. The number of carbonyl (C=O) groups is 3. The second-order valence-corrected chi connectivity index (χ2v) is 6.12. The molecule has 0 fully saturated rings. The van der Waals surface area contributed by atoms with Crippen molar-refractivity contribution < 1.29 is 39.2 Å². The number of methoxy groups -OCH3 is 2. The summed E-state index contributed by atoms with van der Waals surface area (Å²) in [6, 6.07) is 8.23. The predicted molar refractivity (Wildman–Crippen MR) is 103 cm³/mol. The van der Waals surface area contributed by atoms with Crippen LogP contribution in [0.1, 0.15) is 45.2 Å². The lowest BCUT2D eigenvalue weighted by atomic mass is 10.0. The molecule has 0 aliphatic carbocycles. The van der Waals surface area contributed by atoms with Crippen LogP contribution >= 0.6 is 0 Å². The lowest BCUT2D eigenvalue weighted by Crippen LogP contribution is -2.14. The van der Waals surface area contributed by atoms with Crippen LogP contribution in [0.25, 0.3) is 0 Å². The second kappa shape index (κ2) is 9.56. The Kier molecular flexibility index (Phi) is 7.15. The number of carboxylic acid groups (broad SMARTS) is 2. The van der Waals surface area contributed by atoms with E-state index in [0.717, 1.165) is 18.2 Å². The first-order valence-electron chi connectivity index (χ1n) is 8.56. The maximum atomic E-state index is 12.2. The highest BCUT2D eigenvalue weighted by Crippen LogP contribution is 2.31. The number of anilines is 1. The fourth-order valence-corrected chi connectivity index (χ4v) is 2.69. The summed E-state index contributed by atoms with van der Waals surface area (Å²) in [6.07, 6.45) is -1.00. The van der Waals surface area contributed by atoms with Gasteiger partial charge in [-0.25, -0.2) is 9.59 Å². The zero-order valence-corrected chi connectivity index (χ0v) is 15.8. The maximum absolute atomic E-state index is 12.2. The van der Waals surface area contributed by atoms with Crippen LogP contribution in [-0.2, 0) is 4.79 Å². The molecule has 0 saturated heterocycles. The molecule has 0 aliphatic rings. The number of hydrogen-bond acceptors (Lipinski definition) is 6. The number of aliphatic hydroxyl groups excluding tert-OH is 1. The SMILES string of the molecule is COc1ccc(C(O)CCC(=O)Nc2cc(C(=O)O)cc(C(=O)O)c2)c(OC)c1. The van der Waals surface area contributed by atoms with Crippen LogP contribution in [0.2, 0.25) is 0 Å². The molecule has 0 bridgehead atoms. The molecule has 0 heterocycles. The van der Waals surface area contributed by atoms with Crippen LogP contribution < -0.4 is 14.8 Å². The Morgan fingerprint density at radius 3 is 2.10 bits per heavy atom. The molecule has 29 heavy (non-hydrogen) atoms. The van der Waals surface area contributed by atoms with E-state index in [1.807, 2.05) is 0 Å². The van der Waals surface area contributed by atoms with E-state index in [1.165, 1.54) is 14.2 Å². The number of carbonyl (C=O) groups excluding carboxylic acids is 1. The minimum absolute atomic E-state index is 0.0452. The number of hydrogen-bond donors (Lipinski definition) is 4.